The molecular weight excluding hydrogens is 300 g/mol. The maximum Gasteiger partial charge on any atom is 0.251 e. The van der Waals surface area contributed by atoms with E-state index in [2.05, 4.69) is 22.3 Å². The highest BCUT2D eigenvalue weighted by Gasteiger charge is 2.23. The van der Waals surface area contributed by atoms with Crippen molar-refractivity contribution in [1.82, 2.24) is 10.2 Å². The van der Waals surface area contributed by atoms with Gasteiger partial charge in [0, 0.05) is 24.8 Å². The van der Waals surface area contributed by atoms with Crippen LogP contribution in [-0.4, -0.2) is 41.7 Å². The molecule has 0 unspecified atom stereocenters. The topological polar surface area (TPSA) is 52.6 Å². The van der Waals surface area contributed by atoms with Crippen LogP contribution in [0.5, 0.6) is 0 Å². The minimum Gasteiger partial charge on any atom is -0.396 e. The zero-order valence-corrected chi connectivity index (χ0v) is 14.5. The van der Waals surface area contributed by atoms with Gasteiger partial charge in [0.05, 0.1) is 0 Å². The van der Waals surface area contributed by atoms with E-state index in [9.17, 15) is 9.90 Å². The van der Waals surface area contributed by atoms with Crippen LogP contribution in [0.15, 0.2) is 24.3 Å². The Morgan fingerprint density at radius 3 is 2.54 bits per heavy atom. The SMILES string of the molecule is O=C(N[C@H]1CCC[C@@H](CO)C1)c1ccc(CN2CCCCC2)cc1. The van der Waals surface area contributed by atoms with Gasteiger partial charge in [0.15, 0.2) is 0 Å². The molecule has 0 bridgehead atoms. The number of amides is 1. The Morgan fingerprint density at radius 1 is 1.08 bits per heavy atom. The minimum absolute atomic E-state index is 0.0168. The van der Waals surface area contributed by atoms with Crippen molar-refractivity contribution in [2.45, 2.75) is 57.5 Å². The van der Waals surface area contributed by atoms with Crippen molar-refractivity contribution >= 4 is 5.91 Å². The lowest BCUT2D eigenvalue weighted by Gasteiger charge is -2.28. The highest BCUT2D eigenvalue weighted by molar-refractivity contribution is 5.94. The van der Waals surface area contributed by atoms with Crippen LogP contribution in [0.4, 0.5) is 0 Å². The number of aliphatic hydroxyl groups is 1. The van der Waals surface area contributed by atoms with Crippen molar-refractivity contribution < 1.29 is 9.90 Å². The summed E-state index contributed by atoms with van der Waals surface area (Å²) in [6, 6.07) is 8.26. The normalized spacial score (nSPS) is 25.4. The molecule has 2 N–H and O–H groups in total. The van der Waals surface area contributed by atoms with Gasteiger partial charge in [-0.2, -0.15) is 0 Å². The van der Waals surface area contributed by atoms with Crippen LogP contribution in [0.3, 0.4) is 0 Å². The molecule has 2 fully saturated rings. The summed E-state index contributed by atoms with van der Waals surface area (Å²) in [7, 11) is 0. The number of likely N-dealkylation sites (tertiary alicyclic amines) is 1. The molecular formula is C20H30N2O2. The second-order valence-electron chi connectivity index (χ2n) is 7.42. The molecule has 4 nitrogen and oxygen atoms in total. The van der Waals surface area contributed by atoms with Crippen molar-refractivity contribution in [3.05, 3.63) is 35.4 Å². The number of nitrogens with zero attached hydrogens (tertiary/aromatic N) is 1. The molecule has 24 heavy (non-hydrogen) atoms. The molecule has 0 aromatic heterocycles. The van der Waals surface area contributed by atoms with Crippen LogP contribution in [0.1, 0.15) is 60.9 Å². The summed E-state index contributed by atoms with van der Waals surface area (Å²) < 4.78 is 0. The Morgan fingerprint density at radius 2 is 1.83 bits per heavy atom. The summed E-state index contributed by atoms with van der Waals surface area (Å²) >= 11 is 0. The fraction of sp³-hybridized carbons (Fsp3) is 0.650. The molecule has 1 saturated heterocycles. The van der Waals surface area contributed by atoms with Crippen molar-refractivity contribution in [3.63, 3.8) is 0 Å². The predicted molar refractivity (Wildman–Crippen MR) is 95.9 cm³/mol. The first-order valence-electron chi connectivity index (χ1n) is 9.47. The van der Waals surface area contributed by atoms with E-state index in [0.29, 0.717) is 5.92 Å². The van der Waals surface area contributed by atoms with Gasteiger partial charge in [-0.3, -0.25) is 9.69 Å². The Bertz CT molecular complexity index is 523. The summed E-state index contributed by atoms with van der Waals surface area (Å²) in [5.41, 5.74) is 2.02. The Labute approximate surface area is 145 Å². The number of aliphatic hydroxyl groups excluding tert-OH is 1. The molecule has 3 rings (SSSR count). The Balaban J connectivity index is 1.51. The molecule has 1 saturated carbocycles. The monoisotopic (exact) mass is 330 g/mol. The van der Waals surface area contributed by atoms with E-state index in [4.69, 9.17) is 0 Å². The third-order valence-electron chi connectivity index (χ3n) is 5.45. The molecule has 1 heterocycles. The van der Waals surface area contributed by atoms with Gasteiger partial charge in [0.1, 0.15) is 0 Å². The molecule has 1 aromatic rings. The van der Waals surface area contributed by atoms with Gasteiger partial charge >= 0.3 is 0 Å². The smallest absolute Gasteiger partial charge is 0.251 e. The van der Waals surface area contributed by atoms with Gasteiger partial charge in [0.2, 0.25) is 0 Å². The van der Waals surface area contributed by atoms with E-state index in [1.54, 1.807) is 0 Å². The molecule has 2 aliphatic rings. The van der Waals surface area contributed by atoms with Crippen LogP contribution in [0.25, 0.3) is 0 Å². The summed E-state index contributed by atoms with van der Waals surface area (Å²) in [4.78, 5) is 14.9. The number of hydrogen-bond acceptors (Lipinski definition) is 3. The first-order valence-corrected chi connectivity index (χ1v) is 9.47. The third kappa shape index (κ3) is 4.81. The second kappa shape index (κ2) is 8.63. The number of piperidine rings is 1. The zero-order chi connectivity index (χ0) is 16.8. The lowest BCUT2D eigenvalue weighted by Crippen LogP contribution is -2.39. The van der Waals surface area contributed by atoms with Crippen LogP contribution < -0.4 is 5.32 Å². The van der Waals surface area contributed by atoms with Gasteiger partial charge in [-0.05, 0) is 68.8 Å². The van der Waals surface area contributed by atoms with E-state index < -0.39 is 0 Å². The molecule has 132 valence electrons. The first-order chi connectivity index (χ1) is 11.7. The van der Waals surface area contributed by atoms with Gasteiger partial charge in [-0.1, -0.05) is 25.0 Å². The molecule has 0 spiro atoms. The molecule has 0 radical (unpaired) electrons. The van der Waals surface area contributed by atoms with Gasteiger partial charge in [-0.25, -0.2) is 0 Å². The number of rotatable bonds is 5. The van der Waals surface area contributed by atoms with E-state index in [-0.39, 0.29) is 18.6 Å². The summed E-state index contributed by atoms with van der Waals surface area (Å²) in [6.07, 6.45) is 8.05. The maximum atomic E-state index is 12.4. The lowest BCUT2D eigenvalue weighted by atomic mass is 9.86. The van der Waals surface area contributed by atoms with Crippen molar-refractivity contribution in [1.29, 1.82) is 0 Å². The number of hydrogen-bond donors (Lipinski definition) is 2. The number of carbonyl (C=O) groups is 1. The van der Waals surface area contributed by atoms with Crippen molar-refractivity contribution in [3.8, 4) is 0 Å². The fourth-order valence-corrected chi connectivity index (χ4v) is 3.99. The van der Waals surface area contributed by atoms with Crippen LogP contribution in [0.2, 0.25) is 0 Å². The Hall–Kier alpha value is -1.39. The first kappa shape index (κ1) is 17.4. The van der Waals surface area contributed by atoms with E-state index in [1.165, 1.54) is 37.9 Å². The predicted octanol–water partition coefficient (Wildman–Crippen LogP) is 2.95. The second-order valence-corrected chi connectivity index (χ2v) is 7.42. The number of benzene rings is 1. The van der Waals surface area contributed by atoms with Crippen molar-refractivity contribution in [2.24, 2.45) is 5.92 Å². The summed E-state index contributed by atoms with van der Waals surface area (Å²) in [6.45, 7) is 3.60. The minimum atomic E-state index is 0.0168. The quantitative estimate of drug-likeness (QED) is 0.873. The fourth-order valence-electron chi connectivity index (χ4n) is 3.99. The standard InChI is InChI=1S/C20H30N2O2/c23-15-17-5-4-6-19(13-17)21-20(24)18-9-7-16(8-10-18)14-22-11-2-1-3-12-22/h7-10,17,19,23H,1-6,11-15H2,(H,21,24)/t17-,19+/m1/s1. The van der Waals surface area contributed by atoms with Crippen LogP contribution >= 0.6 is 0 Å². The highest BCUT2D eigenvalue weighted by Crippen LogP contribution is 2.24. The van der Waals surface area contributed by atoms with Gasteiger partial charge < -0.3 is 10.4 Å². The summed E-state index contributed by atoms with van der Waals surface area (Å²) in [5.74, 6) is 0.360. The van der Waals surface area contributed by atoms with E-state index in [0.717, 1.165) is 37.8 Å². The third-order valence-corrected chi connectivity index (χ3v) is 5.45. The lowest BCUT2D eigenvalue weighted by molar-refractivity contribution is 0.0906. The van der Waals surface area contributed by atoms with E-state index >= 15 is 0 Å². The average Bonchev–Trinajstić information content (AvgIpc) is 2.63. The number of nitrogens with one attached hydrogen (secondary N) is 1. The molecule has 4 heteroatoms. The number of carbonyl (C=O) groups excluding carboxylic acids is 1. The molecule has 2 atom stereocenters. The molecule has 1 aromatic carbocycles. The zero-order valence-electron chi connectivity index (χ0n) is 14.5. The van der Waals surface area contributed by atoms with Crippen LogP contribution in [0, 0.1) is 5.92 Å². The van der Waals surface area contributed by atoms with Gasteiger partial charge in [-0.15, -0.1) is 0 Å². The molecule has 1 amide bonds. The highest BCUT2D eigenvalue weighted by atomic mass is 16.3. The maximum absolute atomic E-state index is 12.4. The van der Waals surface area contributed by atoms with E-state index in [1.807, 2.05) is 12.1 Å². The molecule has 1 aliphatic carbocycles. The summed E-state index contributed by atoms with van der Waals surface area (Å²) in [5, 5.41) is 12.4. The largest absolute Gasteiger partial charge is 0.396 e. The van der Waals surface area contributed by atoms with Crippen LogP contribution in [-0.2, 0) is 6.54 Å². The van der Waals surface area contributed by atoms with Gasteiger partial charge in [0.25, 0.3) is 5.91 Å². The van der Waals surface area contributed by atoms with Crippen molar-refractivity contribution in [2.75, 3.05) is 19.7 Å². The Kier molecular flexibility index (Phi) is 6.27. The average molecular weight is 330 g/mol. The molecule has 1 aliphatic heterocycles.